The second kappa shape index (κ2) is 7.56. The van der Waals surface area contributed by atoms with Gasteiger partial charge in [0.15, 0.2) is 0 Å². The molecule has 0 amide bonds. The van der Waals surface area contributed by atoms with Gasteiger partial charge in [0.1, 0.15) is 0 Å². The summed E-state index contributed by atoms with van der Waals surface area (Å²) in [5.74, 6) is 0. The van der Waals surface area contributed by atoms with Crippen molar-refractivity contribution in [3.8, 4) is 0 Å². The van der Waals surface area contributed by atoms with Crippen molar-refractivity contribution in [2.24, 2.45) is 0 Å². The highest BCUT2D eigenvalue weighted by Crippen LogP contribution is 2.36. The smallest absolute Gasteiger partial charge is 0.0543 e. The first-order valence-corrected chi connectivity index (χ1v) is 9.12. The van der Waals surface area contributed by atoms with Gasteiger partial charge in [0.2, 0.25) is 0 Å². The lowest BCUT2D eigenvalue weighted by Crippen LogP contribution is -2.57. The van der Waals surface area contributed by atoms with Crippen LogP contribution in [0.5, 0.6) is 0 Å². The molecule has 1 aliphatic carbocycles. The van der Waals surface area contributed by atoms with E-state index in [-0.39, 0.29) is 0 Å². The minimum atomic E-state index is 0.433. The molecule has 1 saturated carbocycles. The standard InChI is InChI=1S/C19H31N3/c1-21(16-18-10-4-7-13-20-18)17-19(11-5-2-6-12-19)22-14-8-3-9-15-22/h4,7,10,13H,2-3,5-6,8-9,11-12,14-17H2,1H3. The van der Waals surface area contributed by atoms with Crippen LogP contribution in [0.25, 0.3) is 0 Å². The fourth-order valence-corrected chi connectivity index (χ4v) is 4.48. The molecule has 0 bridgehead atoms. The van der Waals surface area contributed by atoms with Crippen molar-refractivity contribution in [3.05, 3.63) is 30.1 Å². The number of nitrogens with zero attached hydrogens (tertiary/aromatic N) is 3. The molecule has 2 aliphatic rings. The topological polar surface area (TPSA) is 19.4 Å². The fourth-order valence-electron chi connectivity index (χ4n) is 4.48. The summed E-state index contributed by atoms with van der Waals surface area (Å²) in [7, 11) is 2.27. The molecule has 1 aromatic heterocycles. The van der Waals surface area contributed by atoms with Crippen molar-refractivity contribution in [1.82, 2.24) is 14.8 Å². The van der Waals surface area contributed by atoms with Crippen LogP contribution in [0, 0.1) is 0 Å². The Morgan fingerprint density at radius 2 is 1.77 bits per heavy atom. The molecule has 3 heteroatoms. The number of piperidine rings is 1. The molecule has 1 saturated heterocycles. The highest BCUT2D eigenvalue weighted by atomic mass is 15.3. The molecule has 0 N–H and O–H groups in total. The van der Waals surface area contributed by atoms with E-state index in [0.717, 1.165) is 6.54 Å². The zero-order valence-corrected chi connectivity index (χ0v) is 14.1. The quantitative estimate of drug-likeness (QED) is 0.826. The Labute approximate surface area is 135 Å². The second-order valence-electron chi connectivity index (χ2n) is 7.33. The molecule has 2 heterocycles. The minimum absolute atomic E-state index is 0.433. The Balaban J connectivity index is 1.66. The predicted octanol–water partition coefficient (Wildman–Crippen LogP) is 3.70. The molecule has 22 heavy (non-hydrogen) atoms. The Morgan fingerprint density at radius 3 is 2.45 bits per heavy atom. The third-order valence-corrected chi connectivity index (χ3v) is 5.53. The molecule has 0 unspecified atom stereocenters. The zero-order chi connectivity index (χ0) is 15.3. The Bertz CT molecular complexity index is 433. The van der Waals surface area contributed by atoms with Gasteiger partial charge in [-0.25, -0.2) is 0 Å². The first-order chi connectivity index (χ1) is 10.8. The third-order valence-electron chi connectivity index (χ3n) is 5.53. The summed E-state index contributed by atoms with van der Waals surface area (Å²) in [6.45, 7) is 4.80. The largest absolute Gasteiger partial charge is 0.299 e. The van der Waals surface area contributed by atoms with Crippen molar-refractivity contribution in [2.45, 2.75) is 63.5 Å². The normalized spacial score (nSPS) is 22.8. The van der Waals surface area contributed by atoms with Gasteiger partial charge in [0.25, 0.3) is 0 Å². The van der Waals surface area contributed by atoms with Crippen molar-refractivity contribution in [3.63, 3.8) is 0 Å². The Hall–Kier alpha value is -0.930. The summed E-state index contributed by atoms with van der Waals surface area (Å²) >= 11 is 0. The van der Waals surface area contributed by atoms with Gasteiger partial charge in [0.05, 0.1) is 5.69 Å². The fraction of sp³-hybridized carbons (Fsp3) is 0.737. The monoisotopic (exact) mass is 301 g/mol. The van der Waals surface area contributed by atoms with E-state index >= 15 is 0 Å². The van der Waals surface area contributed by atoms with Gasteiger partial charge in [-0.05, 0) is 58.0 Å². The van der Waals surface area contributed by atoms with E-state index in [9.17, 15) is 0 Å². The molecule has 1 aliphatic heterocycles. The summed E-state index contributed by atoms with van der Waals surface area (Å²) in [5.41, 5.74) is 1.62. The Morgan fingerprint density at radius 1 is 1.05 bits per heavy atom. The van der Waals surface area contributed by atoms with Gasteiger partial charge in [0, 0.05) is 24.8 Å². The van der Waals surface area contributed by atoms with Crippen molar-refractivity contribution in [2.75, 3.05) is 26.7 Å². The number of likely N-dealkylation sites (N-methyl/N-ethyl adjacent to an activating group) is 1. The number of hydrogen-bond acceptors (Lipinski definition) is 3. The summed E-state index contributed by atoms with van der Waals surface area (Å²) in [4.78, 5) is 9.83. The molecule has 0 aromatic carbocycles. The molecule has 0 radical (unpaired) electrons. The highest BCUT2D eigenvalue weighted by Gasteiger charge is 2.39. The molecule has 0 atom stereocenters. The summed E-state index contributed by atoms with van der Waals surface area (Å²) in [6, 6.07) is 6.24. The van der Waals surface area contributed by atoms with Crippen molar-refractivity contribution in [1.29, 1.82) is 0 Å². The van der Waals surface area contributed by atoms with E-state index in [0.29, 0.717) is 5.54 Å². The van der Waals surface area contributed by atoms with Gasteiger partial charge < -0.3 is 0 Å². The lowest BCUT2D eigenvalue weighted by molar-refractivity contribution is 0.00766. The van der Waals surface area contributed by atoms with E-state index in [1.807, 2.05) is 12.3 Å². The lowest BCUT2D eigenvalue weighted by Gasteiger charge is -2.50. The van der Waals surface area contributed by atoms with Gasteiger partial charge in [-0.3, -0.25) is 14.8 Å². The molecule has 2 fully saturated rings. The number of pyridine rings is 1. The average molecular weight is 301 g/mol. The molecular weight excluding hydrogens is 270 g/mol. The molecule has 122 valence electrons. The number of likely N-dealkylation sites (tertiary alicyclic amines) is 1. The maximum Gasteiger partial charge on any atom is 0.0543 e. The molecule has 3 rings (SSSR count). The van der Waals surface area contributed by atoms with Crippen LogP contribution in [0.3, 0.4) is 0 Å². The first kappa shape index (κ1) is 15.9. The first-order valence-electron chi connectivity index (χ1n) is 9.12. The summed E-state index contributed by atoms with van der Waals surface area (Å²) < 4.78 is 0. The van der Waals surface area contributed by atoms with Crippen LogP contribution in [0.1, 0.15) is 57.1 Å². The van der Waals surface area contributed by atoms with Crippen LogP contribution in [-0.2, 0) is 6.54 Å². The van der Waals surface area contributed by atoms with E-state index in [1.54, 1.807) is 0 Å². The molecular formula is C19H31N3. The summed E-state index contributed by atoms with van der Waals surface area (Å²) in [6.07, 6.45) is 13.2. The molecule has 0 spiro atoms. The van der Waals surface area contributed by atoms with Crippen LogP contribution in [0.4, 0.5) is 0 Å². The highest BCUT2D eigenvalue weighted by molar-refractivity contribution is 5.04. The third kappa shape index (κ3) is 3.88. The van der Waals surface area contributed by atoms with Crippen LogP contribution >= 0.6 is 0 Å². The van der Waals surface area contributed by atoms with Gasteiger partial charge in [-0.15, -0.1) is 0 Å². The second-order valence-corrected chi connectivity index (χ2v) is 7.33. The van der Waals surface area contributed by atoms with E-state index in [1.165, 1.54) is 76.7 Å². The van der Waals surface area contributed by atoms with E-state index in [4.69, 9.17) is 0 Å². The van der Waals surface area contributed by atoms with Crippen LogP contribution in [0.2, 0.25) is 0 Å². The predicted molar refractivity (Wildman–Crippen MR) is 91.8 cm³/mol. The van der Waals surface area contributed by atoms with Gasteiger partial charge in [-0.2, -0.15) is 0 Å². The summed E-state index contributed by atoms with van der Waals surface area (Å²) in [5, 5.41) is 0. The number of hydrogen-bond donors (Lipinski definition) is 0. The molecule has 3 nitrogen and oxygen atoms in total. The maximum atomic E-state index is 4.49. The van der Waals surface area contributed by atoms with E-state index < -0.39 is 0 Å². The maximum absolute atomic E-state index is 4.49. The van der Waals surface area contributed by atoms with Crippen LogP contribution in [0.15, 0.2) is 24.4 Å². The number of aromatic nitrogens is 1. The lowest BCUT2D eigenvalue weighted by atomic mass is 9.78. The van der Waals surface area contributed by atoms with Crippen LogP contribution in [-0.4, -0.2) is 47.0 Å². The average Bonchev–Trinajstić information content (AvgIpc) is 2.57. The number of rotatable bonds is 5. The molecule has 1 aromatic rings. The van der Waals surface area contributed by atoms with Crippen LogP contribution < -0.4 is 0 Å². The van der Waals surface area contributed by atoms with Crippen molar-refractivity contribution < 1.29 is 0 Å². The zero-order valence-electron chi connectivity index (χ0n) is 14.1. The Kier molecular flexibility index (Phi) is 5.48. The minimum Gasteiger partial charge on any atom is -0.299 e. The van der Waals surface area contributed by atoms with Crippen molar-refractivity contribution >= 4 is 0 Å². The van der Waals surface area contributed by atoms with E-state index in [2.05, 4.69) is 34.0 Å². The van der Waals surface area contributed by atoms with Gasteiger partial charge in [-0.1, -0.05) is 31.7 Å². The SMILES string of the molecule is CN(Cc1ccccn1)CC1(N2CCCCC2)CCCCC1. The van der Waals surface area contributed by atoms with Gasteiger partial charge >= 0.3 is 0 Å².